The van der Waals surface area contributed by atoms with E-state index in [9.17, 15) is 0 Å². The molecule has 2 rings (SSSR count). The number of nitrogens with zero attached hydrogens (tertiary/aromatic N) is 1. The van der Waals surface area contributed by atoms with Crippen molar-refractivity contribution in [1.29, 1.82) is 0 Å². The molecule has 0 aliphatic carbocycles. The lowest BCUT2D eigenvalue weighted by molar-refractivity contribution is -0.936. The Morgan fingerprint density at radius 1 is 0.500 bits per heavy atom. The van der Waals surface area contributed by atoms with Gasteiger partial charge in [0.25, 0.3) is 0 Å². The zero-order chi connectivity index (χ0) is 11.6. The Hall–Kier alpha value is -0.0400. The van der Waals surface area contributed by atoms with Crippen LogP contribution in [0.2, 0.25) is 0 Å². The van der Waals surface area contributed by atoms with Gasteiger partial charge in [-0.2, -0.15) is 0 Å². The van der Waals surface area contributed by atoms with Crippen molar-refractivity contribution in [3.63, 3.8) is 0 Å². The number of rotatable bonds is 0. The fourth-order valence-corrected chi connectivity index (χ4v) is 2.81. The molecule has 0 aromatic heterocycles. The van der Waals surface area contributed by atoms with E-state index in [4.69, 9.17) is 0 Å². The van der Waals surface area contributed by atoms with Crippen LogP contribution in [0.5, 0.6) is 0 Å². The molecule has 2 heterocycles. The van der Waals surface area contributed by atoms with Crippen LogP contribution in [0.4, 0.5) is 0 Å². The number of piperidine rings is 2. The van der Waals surface area contributed by atoms with Crippen molar-refractivity contribution < 1.29 is 4.48 Å². The lowest BCUT2D eigenvalue weighted by Gasteiger charge is -2.44. The predicted octanol–water partition coefficient (Wildman–Crippen LogP) is 4.86. The fourth-order valence-electron chi connectivity index (χ4n) is 2.81. The topological polar surface area (TPSA) is 0 Å². The van der Waals surface area contributed by atoms with E-state index >= 15 is 0 Å². The first-order chi connectivity index (χ1) is 7.41. The van der Waals surface area contributed by atoms with Crippen LogP contribution in [0.25, 0.3) is 0 Å². The van der Waals surface area contributed by atoms with Crippen LogP contribution >= 0.6 is 0 Å². The van der Waals surface area contributed by atoms with E-state index in [1.54, 1.807) is 0 Å². The van der Waals surface area contributed by atoms with Crippen LogP contribution in [-0.4, -0.2) is 30.7 Å². The maximum Gasteiger partial charge on any atom is 0.0786 e. The van der Waals surface area contributed by atoms with Crippen LogP contribution in [0.3, 0.4) is 0 Å². The highest BCUT2D eigenvalue weighted by molar-refractivity contribution is 4.59. The van der Waals surface area contributed by atoms with Gasteiger partial charge in [-0.25, -0.2) is 0 Å². The quantitative estimate of drug-likeness (QED) is 0.521. The van der Waals surface area contributed by atoms with Crippen LogP contribution in [0.1, 0.15) is 73.6 Å². The largest absolute Gasteiger partial charge is 0.324 e. The van der Waals surface area contributed by atoms with E-state index < -0.39 is 0 Å². The Bertz CT molecular complexity index is 99.9. The highest BCUT2D eigenvalue weighted by atomic mass is 15.4. The molecular weight excluding hydrogens is 194 g/mol. The molecule has 1 spiro atoms. The molecule has 0 saturated carbocycles. The minimum absolute atomic E-state index is 0. The Morgan fingerprint density at radius 2 is 0.750 bits per heavy atom. The maximum absolute atomic E-state index is 2.00. The van der Waals surface area contributed by atoms with Crippen LogP contribution in [0, 0.1) is 0 Å². The highest BCUT2D eigenvalue weighted by Gasteiger charge is 2.30. The van der Waals surface area contributed by atoms with Crippen molar-refractivity contribution in [2.45, 2.75) is 73.6 Å². The number of hydrogen-bond acceptors (Lipinski definition) is 0. The van der Waals surface area contributed by atoms with Gasteiger partial charge in [-0.15, -0.1) is 0 Å². The molecule has 0 N–H and O–H groups in total. The Morgan fingerprint density at radius 3 is 1.00 bits per heavy atom. The standard InChI is InChI=1S/C10H20N.2C2H6.CH4/c1-3-7-11(8-4-1)9-5-2-6-10-11;2*1-2;/h1-10H2;2*1-2H3;1H4/q+1;;;. The smallest absolute Gasteiger partial charge is 0.0786 e. The van der Waals surface area contributed by atoms with Crippen LogP contribution in [-0.2, 0) is 0 Å². The second kappa shape index (κ2) is 11.4. The van der Waals surface area contributed by atoms with Gasteiger partial charge >= 0.3 is 0 Å². The molecule has 2 saturated heterocycles. The third kappa shape index (κ3) is 5.89. The molecule has 1 heteroatoms. The van der Waals surface area contributed by atoms with Gasteiger partial charge in [0, 0.05) is 0 Å². The Kier molecular flexibility index (Phi) is 13.1. The summed E-state index contributed by atoms with van der Waals surface area (Å²) in [6, 6.07) is 0. The Balaban J connectivity index is 0. The van der Waals surface area contributed by atoms with Gasteiger partial charge in [0.1, 0.15) is 0 Å². The zero-order valence-corrected chi connectivity index (χ0v) is 11.5. The van der Waals surface area contributed by atoms with Crippen LogP contribution < -0.4 is 0 Å². The van der Waals surface area contributed by atoms with E-state index in [0.717, 1.165) is 0 Å². The summed E-state index contributed by atoms with van der Waals surface area (Å²) in [5, 5.41) is 0. The van der Waals surface area contributed by atoms with Crippen molar-refractivity contribution in [3.05, 3.63) is 0 Å². The molecule has 0 aromatic rings. The van der Waals surface area contributed by atoms with Gasteiger partial charge in [0.2, 0.25) is 0 Å². The Labute approximate surface area is 105 Å². The third-order valence-electron chi connectivity index (χ3n) is 3.53. The normalized spacial score (nSPS) is 21.8. The summed E-state index contributed by atoms with van der Waals surface area (Å²) < 4.78 is 1.50. The summed E-state index contributed by atoms with van der Waals surface area (Å²) in [7, 11) is 0. The lowest BCUT2D eigenvalue weighted by Crippen LogP contribution is -2.54. The summed E-state index contributed by atoms with van der Waals surface area (Å²) in [6.45, 7) is 14.0. The average molecular weight is 230 g/mol. The first-order valence-corrected chi connectivity index (χ1v) is 7.26. The van der Waals surface area contributed by atoms with Crippen LogP contribution in [0.15, 0.2) is 0 Å². The molecule has 0 aromatic carbocycles. The van der Waals surface area contributed by atoms with Gasteiger partial charge in [-0.1, -0.05) is 35.1 Å². The molecule has 2 aliphatic rings. The zero-order valence-electron chi connectivity index (χ0n) is 11.5. The lowest BCUT2D eigenvalue weighted by atomic mass is 10.0. The highest BCUT2D eigenvalue weighted by Crippen LogP contribution is 2.24. The predicted molar refractivity (Wildman–Crippen MR) is 76.9 cm³/mol. The van der Waals surface area contributed by atoms with Gasteiger partial charge in [-0.05, 0) is 38.5 Å². The number of hydrogen-bond donors (Lipinski definition) is 0. The fraction of sp³-hybridized carbons (Fsp3) is 1.00. The summed E-state index contributed by atoms with van der Waals surface area (Å²) in [5.74, 6) is 0. The molecule has 0 bridgehead atoms. The summed E-state index contributed by atoms with van der Waals surface area (Å²) in [4.78, 5) is 0. The van der Waals surface area contributed by atoms with Gasteiger partial charge in [0.05, 0.1) is 26.2 Å². The van der Waals surface area contributed by atoms with Crippen molar-refractivity contribution in [1.82, 2.24) is 0 Å². The van der Waals surface area contributed by atoms with E-state index in [1.165, 1.54) is 69.2 Å². The first kappa shape index (κ1) is 18.3. The van der Waals surface area contributed by atoms with Crippen molar-refractivity contribution in [3.8, 4) is 0 Å². The van der Waals surface area contributed by atoms with E-state index in [1.807, 2.05) is 27.7 Å². The van der Waals surface area contributed by atoms with E-state index in [0.29, 0.717) is 0 Å². The molecular formula is C15H36N+. The van der Waals surface area contributed by atoms with Crippen molar-refractivity contribution in [2.24, 2.45) is 0 Å². The van der Waals surface area contributed by atoms with E-state index in [2.05, 4.69) is 0 Å². The molecule has 2 fully saturated rings. The summed E-state index contributed by atoms with van der Waals surface area (Å²) in [5.41, 5.74) is 0. The molecule has 0 amide bonds. The first-order valence-electron chi connectivity index (χ1n) is 7.26. The molecule has 0 atom stereocenters. The third-order valence-corrected chi connectivity index (χ3v) is 3.53. The summed E-state index contributed by atoms with van der Waals surface area (Å²) >= 11 is 0. The molecule has 2 aliphatic heterocycles. The van der Waals surface area contributed by atoms with Gasteiger partial charge < -0.3 is 4.48 Å². The second-order valence-electron chi connectivity index (χ2n) is 4.36. The number of quaternary nitrogens is 1. The molecule has 16 heavy (non-hydrogen) atoms. The molecule has 1 nitrogen and oxygen atoms in total. The molecule has 0 unspecified atom stereocenters. The van der Waals surface area contributed by atoms with Crippen molar-refractivity contribution >= 4 is 0 Å². The molecule has 100 valence electrons. The minimum atomic E-state index is 0. The SMILES string of the molecule is C.C1CC[N+]2(CC1)CCCCC2.CC.CC. The van der Waals surface area contributed by atoms with Gasteiger partial charge in [0.15, 0.2) is 0 Å². The molecule has 0 radical (unpaired) electrons. The average Bonchev–Trinajstić information content (AvgIpc) is 2.36. The summed E-state index contributed by atoms with van der Waals surface area (Å²) in [6.07, 6.45) is 9.00. The second-order valence-corrected chi connectivity index (χ2v) is 4.36. The van der Waals surface area contributed by atoms with E-state index in [-0.39, 0.29) is 7.43 Å². The minimum Gasteiger partial charge on any atom is -0.324 e. The maximum atomic E-state index is 2.00. The van der Waals surface area contributed by atoms with Gasteiger partial charge in [-0.3, -0.25) is 0 Å². The van der Waals surface area contributed by atoms with Crippen molar-refractivity contribution in [2.75, 3.05) is 26.2 Å². The monoisotopic (exact) mass is 230 g/mol.